The van der Waals surface area contributed by atoms with Crippen molar-refractivity contribution in [1.29, 1.82) is 0 Å². The van der Waals surface area contributed by atoms with E-state index in [1.807, 2.05) is 46.8 Å². The van der Waals surface area contributed by atoms with E-state index in [-0.39, 0.29) is 12.1 Å². The number of nitrogens with one attached hydrogen (secondary N) is 1. The van der Waals surface area contributed by atoms with E-state index >= 15 is 0 Å². The van der Waals surface area contributed by atoms with Crippen LogP contribution in [0.4, 0.5) is 4.79 Å². The van der Waals surface area contributed by atoms with Gasteiger partial charge in [-0.2, -0.15) is 4.31 Å². The molecule has 6 nitrogen and oxygen atoms in total. The largest absolute Gasteiger partial charge is 0.336 e. The molecule has 134 valence electrons. The molecule has 0 aromatic heterocycles. The third-order valence-corrected chi connectivity index (χ3v) is 6.35. The normalized spacial score (nSPS) is 16.5. The fourth-order valence-electron chi connectivity index (χ4n) is 3.17. The van der Waals surface area contributed by atoms with Crippen molar-refractivity contribution in [3.63, 3.8) is 0 Å². The van der Waals surface area contributed by atoms with Gasteiger partial charge in [0.25, 0.3) is 0 Å². The molecule has 1 aliphatic rings. The maximum absolute atomic E-state index is 13.0. The summed E-state index contributed by atoms with van der Waals surface area (Å²) >= 11 is 0. The van der Waals surface area contributed by atoms with Crippen LogP contribution in [0.25, 0.3) is 0 Å². The topological polar surface area (TPSA) is 69.7 Å². The average molecular weight is 353 g/mol. The number of urea groups is 1. The molecule has 2 rings (SSSR count). The molecule has 1 saturated heterocycles. The van der Waals surface area contributed by atoms with E-state index in [1.54, 1.807) is 4.90 Å². The van der Waals surface area contributed by atoms with Gasteiger partial charge in [-0.05, 0) is 45.7 Å². The summed E-state index contributed by atoms with van der Waals surface area (Å²) in [5.41, 5.74) is 2.60. The van der Waals surface area contributed by atoms with E-state index in [9.17, 15) is 13.2 Å². The Hall–Kier alpha value is -1.60. The number of rotatable bonds is 3. The van der Waals surface area contributed by atoms with Crippen LogP contribution in [0.3, 0.4) is 0 Å². The predicted octanol–water partition coefficient (Wildman–Crippen LogP) is 2.04. The molecule has 1 aromatic carbocycles. The van der Waals surface area contributed by atoms with Gasteiger partial charge >= 0.3 is 6.03 Å². The Morgan fingerprint density at radius 3 is 2.00 bits per heavy atom. The van der Waals surface area contributed by atoms with Crippen LogP contribution in [-0.4, -0.2) is 55.9 Å². The summed E-state index contributed by atoms with van der Waals surface area (Å²) < 4.78 is 27.5. The zero-order valence-electron chi connectivity index (χ0n) is 15.1. The minimum absolute atomic E-state index is 0.0668. The lowest BCUT2D eigenvalue weighted by Gasteiger charge is -2.34. The van der Waals surface area contributed by atoms with Crippen LogP contribution in [0.2, 0.25) is 0 Å². The summed E-state index contributed by atoms with van der Waals surface area (Å²) in [4.78, 5) is 14.1. The Morgan fingerprint density at radius 2 is 1.54 bits per heavy atom. The first kappa shape index (κ1) is 18.7. The summed E-state index contributed by atoms with van der Waals surface area (Å²) in [6, 6.07) is 3.72. The van der Waals surface area contributed by atoms with Gasteiger partial charge in [-0.3, -0.25) is 0 Å². The van der Waals surface area contributed by atoms with Crippen molar-refractivity contribution >= 4 is 16.1 Å². The van der Waals surface area contributed by atoms with Crippen LogP contribution in [-0.2, 0) is 10.0 Å². The molecule has 1 aromatic rings. The molecule has 0 unspecified atom stereocenters. The van der Waals surface area contributed by atoms with E-state index in [0.717, 1.165) is 16.7 Å². The van der Waals surface area contributed by atoms with Gasteiger partial charge in [0.1, 0.15) is 0 Å². The second kappa shape index (κ2) is 7.11. The molecule has 0 bridgehead atoms. The number of piperazine rings is 1. The van der Waals surface area contributed by atoms with Crippen molar-refractivity contribution in [2.24, 2.45) is 0 Å². The van der Waals surface area contributed by atoms with Gasteiger partial charge in [0.2, 0.25) is 10.0 Å². The highest BCUT2D eigenvalue weighted by molar-refractivity contribution is 7.89. The van der Waals surface area contributed by atoms with E-state index in [2.05, 4.69) is 5.32 Å². The van der Waals surface area contributed by atoms with Crippen LogP contribution in [0.5, 0.6) is 0 Å². The molecule has 7 heteroatoms. The Balaban J connectivity index is 2.15. The highest BCUT2D eigenvalue weighted by Gasteiger charge is 2.32. The maximum Gasteiger partial charge on any atom is 0.317 e. The minimum Gasteiger partial charge on any atom is -0.336 e. The summed E-state index contributed by atoms with van der Waals surface area (Å²) in [5, 5.41) is 2.84. The number of nitrogens with zero attached hydrogens (tertiary/aromatic N) is 2. The standard InChI is InChI=1S/C17H27N3O3S/c1-12(2)18-17(21)19-6-8-20(9-7-19)24(22,23)16-14(4)10-13(3)11-15(16)5/h10-12H,6-9H2,1-5H3,(H,18,21). The lowest BCUT2D eigenvalue weighted by Crippen LogP contribution is -2.54. The average Bonchev–Trinajstić information content (AvgIpc) is 2.45. The second-order valence-corrected chi connectivity index (χ2v) is 8.60. The number of carbonyl (C=O) groups is 1. The molecule has 1 fully saturated rings. The zero-order valence-corrected chi connectivity index (χ0v) is 15.9. The minimum atomic E-state index is -3.54. The molecular weight excluding hydrogens is 326 g/mol. The molecule has 1 N–H and O–H groups in total. The SMILES string of the molecule is Cc1cc(C)c(S(=O)(=O)N2CCN(C(=O)NC(C)C)CC2)c(C)c1. The smallest absolute Gasteiger partial charge is 0.317 e. The summed E-state index contributed by atoms with van der Waals surface area (Å²) in [5.74, 6) is 0. The van der Waals surface area contributed by atoms with Crippen LogP contribution in [0.1, 0.15) is 30.5 Å². The van der Waals surface area contributed by atoms with Crippen molar-refractivity contribution in [2.45, 2.75) is 45.6 Å². The van der Waals surface area contributed by atoms with Crippen LogP contribution < -0.4 is 5.32 Å². The Bertz CT molecular complexity index is 698. The highest BCUT2D eigenvalue weighted by Crippen LogP contribution is 2.26. The van der Waals surface area contributed by atoms with Crippen molar-refractivity contribution in [1.82, 2.24) is 14.5 Å². The van der Waals surface area contributed by atoms with E-state index in [1.165, 1.54) is 4.31 Å². The number of carbonyl (C=O) groups excluding carboxylic acids is 1. The Labute approximate surface area is 144 Å². The van der Waals surface area contributed by atoms with E-state index in [4.69, 9.17) is 0 Å². The number of amides is 2. The van der Waals surface area contributed by atoms with Crippen molar-refractivity contribution in [3.8, 4) is 0 Å². The Kier molecular flexibility index (Phi) is 5.55. The Morgan fingerprint density at radius 1 is 1.04 bits per heavy atom. The molecule has 0 saturated carbocycles. The first-order valence-corrected chi connectivity index (χ1v) is 9.70. The molecule has 0 aliphatic carbocycles. The van der Waals surface area contributed by atoms with Gasteiger partial charge in [0.15, 0.2) is 0 Å². The summed E-state index contributed by atoms with van der Waals surface area (Å²) in [6.45, 7) is 10.9. The van der Waals surface area contributed by atoms with Gasteiger partial charge in [0, 0.05) is 32.2 Å². The van der Waals surface area contributed by atoms with Crippen molar-refractivity contribution in [3.05, 3.63) is 28.8 Å². The third-order valence-electron chi connectivity index (χ3n) is 4.14. The molecule has 1 heterocycles. The van der Waals surface area contributed by atoms with E-state index in [0.29, 0.717) is 31.1 Å². The number of benzene rings is 1. The van der Waals surface area contributed by atoms with Crippen LogP contribution in [0, 0.1) is 20.8 Å². The molecule has 1 aliphatic heterocycles. The van der Waals surface area contributed by atoms with Crippen molar-refractivity contribution < 1.29 is 13.2 Å². The molecule has 0 atom stereocenters. The monoisotopic (exact) mass is 353 g/mol. The fraction of sp³-hybridized carbons (Fsp3) is 0.588. The highest BCUT2D eigenvalue weighted by atomic mass is 32.2. The van der Waals surface area contributed by atoms with Gasteiger partial charge in [-0.15, -0.1) is 0 Å². The number of aryl methyl sites for hydroxylation is 3. The number of sulfonamides is 1. The van der Waals surface area contributed by atoms with Gasteiger partial charge < -0.3 is 10.2 Å². The summed E-state index contributed by atoms with van der Waals surface area (Å²) in [6.07, 6.45) is 0. The molecule has 0 spiro atoms. The zero-order chi connectivity index (χ0) is 18.1. The fourth-order valence-corrected chi connectivity index (χ4v) is 5.01. The van der Waals surface area contributed by atoms with Crippen molar-refractivity contribution in [2.75, 3.05) is 26.2 Å². The second-order valence-electron chi connectivity index (χ2n) is 6.72. The maximum atomic E-state index is 13.0. The number of hydrogen-bond acceptors (Lipinski definition) is 3. The van der Waals surface area contributed by atoms with Gasteiger partial charge in [-0.1, -0.05) is 17.7 Å². The lowest BCUT2D eigenvalue weighted by atomic mass is 10.1. The third kappa shape index (κ3) is 3.89. The molecular formula is C17H27N3O3S. The predicted molar refractivity (Wildman–Crippen MR) is 94.7 cm³/mol. The quantitative estimate of drug-likeness (QED) is 0.904. The van der Waals surface area contributed by atoms with E-state index < -0.39 is 10.0 Å². The van der Waals surface area contributed by atoms with Crippen LogP contribution >= 0.6 is 0 Å². The van der Waals surface area contributed by atoms with Gasteiger partial charge in [0.05, 0.1) is 4.90 Å². The molecule has 2 amide bonds. The van der Waals surface area contributed by atoms with Crippen LogP contribution in [0.15, 0.2) is 17.0 Å². The molecule has 24 heavy (non-hydrogen) atoms. The van der Waals surface area contributed by atoms with Gasteiger partial charge in [-0.25, -0.2) is 13.2 Å². The summed E-state index contributed by atoms with van der Waals surface area (Å²) in [7, 11) is -3.54. The number of hydrogen-bond donors (Lipinski definition) is 1. The molecule has 0 radical (unpaired) electrons. The first-order chi connectivity index (χ1) is 11.1. The lowest BCUT2D eigenvalue weighted by molar-refractivity contribution is 0.170. The first-order valence-electron chi connectivity index (χ1n) is 8.26.